The van der Waals surface area contributed by atoms with Crippen LogP contribution in [0.15, 0.2) is 18.7 Å². The highest BCUT2D eigenvalue weighted by molar-refractivity contribution is 5.85. The van der Waals surface area contributed by atoms with Crippen molar-refractivity contribution in [1.29, 1.82) is 0 Å². The lowest BCUT2D eigenvalue weighted by Gasteiger charge is -1.96. The topological polar surface area (TPSA) is 43.8 Å². The molecule has 0 fully saturated rings. The van der Waals surface area contributed by atoms with Crippen molar-refractivity contribution in [3.8, 4) is 0 Å². The number of rotatable bonds is 3. The van der Waals surface area contributed by atoms with Crippen molar-refractivity contribution in [2.45, 2.75) is 13.0 Å². The molecule has 5 heteroatoms. The molecular weight excluding hydrogens is 185 g/mol. The van der Waals surface area contributed by atoms with Gasteiger partial charge in [0.15, 0.2) is 0 Å². The Labute approximate surface area is 78.8 Å². The van der Waals surface area contributed by atoms with Crippen LogP contribution in [-0.4, -0.2) is 16.1 Å². The second-order valence-corrected chi connectivity index (χ2v) is 1.94. The van der Waals surface area contributed by atoms with E-state index in [1.54, 1.807) is 12.5 Å². The average molecular weight is 198 g/mol. The van der Waals surface area contributed by atoms with Crippen molar-refractivity contribution in [3.05, 3.63) is 18.7 Å². The fraction of sp³-hybridized carbons (Fsp3) is 0.500. The molecule has 2 N–H and O–H groups in total. The fourth-order valence-electron chi connectivity index (χ4n) is 0.693. The third-order valence-electron chi connectivity index (χ3n) is 1.18. The summed E-state index contributed by atoms with van der Waals surface area (Å²) in [5.74, 6) is 0. The Balaban J connectivity index is 0. The fourth-order valence-corrected chi connectivity index (χ4v) is 0.693. The van der Waals surface area contributed by atoms with Crippen LogP contribution < -0.4 is 5.73 Å². The molecule has 0 saturated carbocycles. The maximum atomic E-state index is 5.31. The van der Waals surface area contributed by atoms with Crippen molar-refractivity contribution < 1.29 is 0 Å². The van der Waals surface area contributed by atoms with E-state index < -0.39 is 0 Å². The second kappa shape index (κ2) is 7.85. The normalized spacial score (nSPS) is 8.09. The van der Waals surface area contributed by atoms with E-state index in [0.29, 0.717) is 0 Å². The van der Waals surface area contributed by atoms with Gasteiger partial charge in [-0.1, -0.05) is 0 Å². The van der Waals surface area contributed by atoms with Crippen LogP contribution in [0.5, 0.6) is 0 Å². The first-order valence-corrected chi connectivity index (χ1v) is 3.09. The Morgan fingerprint density at radius 1 is 1.36 bits per heavy atom. The monoisotopic (exact) mass is 197 g/mol. The summed E-state index contributed by atoms with van der Waals surface area (Å²) in [6.07, 6.45) is 6.54. The first kappa shape index (κ1) is 13.3. The molecule has 0 aliphatic carbocycles. The molecule has 0 unspecified atom stereocenters. The third kappa shape index (κ3) is 5.07. The highest BCUT2D eigenvalue weighted by atomic mass is 35.5. The first-order chi connectivity index (χ1) is 4.43. The number of imidazole rings is 1. The summed E-state index contributed by atoms with van der Waals surface area (Å²) in [5.41, 5.74) is 5.31. The third-order valence-corrected chi connectivity index (χ3v) is 1.18. The molecule has 1 rings (SSSR count). The number of hydrogen-bond acceptors (Lipinski definition) is 2. The zero-order valence-corrected chi connectivity index (χ0v) is 7.77. The number of nitrogens with zero attached hydrogens (tertiary/aromatic N) is 2. The predicted molar refractivity (Wildman–Crippen MR) is 50.4 cm³/mol. The molecule has 0 amide bonds. The number of aromatic nitrogens is 2. The summed E-state index contributed by atoms with van der Waals surface area (Å²) in [7, 11) is 0. The summed E-state index contributed by atoms with van der Waals surface area (Å²) < 4.78 is 2.02. The van der Waals surface area contributed by atoms with Gasteiger partial charge in [-0.05, 0) is 13.0 Å². The highest BCUT2D eigenvalue weighted by Gasteiger charge is 1.85. The number of nitrogens with two attached hydrogens (primary N) is 1. The lowest BCUT2D eigenvalue weighted by molar-refractivity contribution is 0.650. The van der Waals surface area contributed by atoms with Crippen molar-refractivity contribution in [2.24, 2.45) is 5.73 Å². The molecule has 1 aromatic rings. The smallest absolute Gasteiger partial charge is 0.0945 e. The molecule has 0 aliphatic rings. The van der Waals surface area contributed by atoms with Crippen molar-refractivity contribution in [1.82, 2.24) is 9.55 Å². The van der Waals surface area contributed by atoms with Crippen molar-refractivity contribution in [2.75, 3.05) is 6.54 Å². The van der Waals surface area contributed by atoms with E-state index in [0.717, 1.165) is 19.5 Å². The SMILES string of the molecule is Cl.Cl.NCCCn1ccnc1. The van der Waals surface area contributed by atoms with E-state index in [2.05, 4.69) is 4.98 Å². The van der Waals surface area contributed by atoms with Gasteiger partial charge in [0.25, 0.3) is 0 Å². The minimum Gasteiger partial charge on any atom is -0.337 e. The van der Waals surface area contributed by atoms with Crippen LogP contribution in [0.3, 0.4) is 0 Å². The van der Waals surface area contributed by atoms with E-state index in [4.69, 9.17) is 5.73 Å². The van der Waals surface area contributed by atoms with Crippen LogP contribution >= 0.6 is 24.8 Å². The van der Waals surface area contributed by atoms with Gasteiger partial charge in [-0.25, -0.2) is 4.98 Å². The van der Waals surface area contributed by atoms with Crippen molar-refractivity contribution in [3.63, 3.8) is 0 Å². The summed E-state index contributed by atoms with van der Waals surface area (Å²) in [6.45, 7) is 1.73. The largest absolute Gasteiger partial charge is 0.337 e. The van der Waals surface area contributed by atoms with Crippen LogP contribution in [0.4, 0.5) is 0 Å². The van der Waals surface area contributed by atoms with Crippen LogP contribution in [0.2, 0.25) is 0 Å². The van der Waals surface area contributed by atoms with Crippen LogP contribution in [-0.2, 0) is 6.54 Å². The molecule has 1 aromatic heterocycles. The lowest BCUT2D eigenvalue weighted by atomic mass is 10.4. The van der Waals surface area contributed by atoms with Gasteiger partial charge < -0.3 is 10.3 Å². The number of hydrogen-bond donors (Lipinski definition) is 1. The summed E-state index contributed by atoms with van der Waals surface area (Å²) in [5, 5.41) is 0. The molecule has 3 nitrogen and oxygen atoms in total. The van der Waals surface area contributed by atoms with E-state index in [1.807, 2.05) is 10.8 Å². The average Bonchev–Trinajstić information content (AvgIpc) is 2.34. The van der Waals surface area contributed by atoms with Gasteiger partial charge in [0.1, 0.15) is 0 Å². The first-order valence-electron chi connectivity index (χ1n) is 3.09. The highest BCUT2D eigenvalue weighted by Crippen LogP contribution is 1.87. The van der Waals surface area contributed by atoms with Gasteiger partial charge in [0.2, 0.25) is 0 Å². The molecule has 0 aliphatic heterocycles. The molecular formula is C6H13Cl2N3. The summed E-state index contributed by atoms with van der Waals surface area (Å²) >= 11 is 0. The standard InChI is InChI=1S/C6H11N3.2ClH/c7-2-1-4-9-5-3-8-6-9;;/h3,5-6H,1-2,4,7H2;2*1H. The minimum atomic E-state index is 0. The number of aryl methyl sites for hydroxylation is 1. The van der Waals surface area contributed by atoms with E-state index >= 15 is 0 Å². The van der Waals surface area contributed by atoms with Gasteiger partial charge in [-0.2, -0.15) is 0 Å². The van der Waals surface area contributed by atoms with Gasteiger partial charge in [0.05, 0.1) is 6.33 Å². The van der Waals surface area contributed by atoms with Crippen LogP contribution in [0, 0.1) is 0 Å². The van der Waals surface area contributed by atoms with Gasteiger partial charge >= 0.3 is 0 Å². The van der Waals surface area contributed by atoms with Crippen LogP contribution in [0.1, 0.15) is 6.42 Å². The van der Waals surface area contributed by atoms with Gasteiger partial charge in [-0.3, -0.25) is 0 Å². The maximum Gasteiger partial charge on any atom is 0.0945 e. The molecule has 66 valence electrons. The van der Waals surface area contributed by atoms with Crippen LogP contribution in [0.25, 0.3) is 0 Å². The summed E-state index contributed by atoms with van der Waals surface area (Å²) in [4.78, 5) is 3.90. The van der Waals surface area contributed by atoms with Crippen molar-refractivity contribution >= 4 is 24.8 Å². The minimum absolute atomic E-state index is 0. The van der Waals surface area contributed by atoms with E-state index in [1.165, 1.54) is 0 Å². The summed E-state index contributed by atoms with van der Waals surface area (Å²) in [6, 6.07) is 0. The Hall–Kier alpha value is -0.250. The molecule has 0 bridgehead atoms. The van der Waals surface area contributed by atoms with E-state index in [-0.39, 0.29) is 24.8 Å². The molecule has 11 heavy (non-hydrogen) atoms. The molecule has 0 spiro atoms. The molecule has 0 atom stereocenters. The Morgan fingerprint density at radius 3 is 2.55 bits per heavy atom. The molecule has 0 aromatic carbocycles. The quantitative estimate of drug-likeness (QED) is 0.789. The zero-order chi connectivity index (χ0) is 6.53. The number of halogens is 2. The molecule has 0 saturated heterocycles. The lowest BCUT2D eigenvalue weighted by Crippen LogP contribution is -2.03. The predicted octanol–water partition coefficient (Wildman–Crippen LogP) is 1.08. The van der Waals surface area contributed by atoms with E-state index in [9.17, 15) is 0 Å². The maximum absolute atomic E-state index is 5.31. The Kier molecular flexibility index (Phi) is 9.53. The Bertz CT molecular complexity index is 153. The van der Waals surface area contributed by atoms with Gasteiger partial charge in [0, 0.05) is 18.9 Å². The Morgan fingerprint density at radius 2 is 2.09 bits per heavy atom. The second-order valence-electron chi connectivity index (χ2n) is 1.94. The zero-order valence-electron chi connectivity index (χ0n) is 6.14. The molecule has 1 heterocycles. The van der Waals surface area contributed by atoms with Gasteiger partial charge in [-0.15, -0.1) is 24.8 Å². The molecule has 0 radical (unpaired) electrons.